The molecule has 2 heterocycles. The fourth-order valence-corrected chi connectivity index (χ4v) is 3.85. The Labute approximate surface area is 157 Å². The Morgan fingerprint density at radius 2 is 1.85 bits per heavy atom. The van der Waals surface area contributed by atoms with E-state index in [4.69, 9.17) is 4.42 Å². The summed E-state index contributed by atoms with van der Waals surface area (Å²) in [4.78, 5) is 12.7. The Morgan fingerprint density at radius 1 is 1.12 bits per heavy atom. The molecular weight excluding hydrogens is 346 g/mol. The SMILES string of the molecule is CCn1c(SCC(=O)c2cc(C)c(C)cc2C)nnc1-c1ccoc1C. The van der Waals surface area contributed by atoms with Crippen molar-refractivity contribution in [2.45, 2.75) is 46.3 Å². The van der Waals surface area contributed by atoms with Gasteiger partial charge in [-0.25, -0.2) is 0 Å². The average Bonchev–Trinajstić information content (AvgIpc) is 3.21. The molecule has 0 amide bonds. The second kappa shape index (κ2) is 7.50. The van der Waals surface area contributed by atoms with Crippen LogP contribution in [0.15, 0.2) is 34.0 Å². The molecule has 0 saturated carbocycles. The Hall–Kier alpha value is -2.34. The molecule has 0 spiro atoms. The molecule has 0 bridgehead atoms. The first-order valence-corrected chi connectivity index (χ1v) is 9.62. The number of hydrogen-bond donors (Lipinski definition) is 0. The smallest absolute Gasteiger partial charge is 0.191 e. The lowest BCUT2D eigenvalue weighted by molar-refractivity contribution is 0.102. The molecular formula is C20H23N3O2S. The second-order valence-corrected chi connectivity index (χ2v) is 7.35. The Morgan fingerprint density at radius 3 is 2.50 bits per heavy atom. The van der Waals surface area contributed by atoms with Crippen LogP contribution in [0.2, 0.25) is 0 Å². The van der Waals surface area contributed by atoms with Crippen LogP contribution in [0, 0.1) is 27.7 Å². The summed E-state index contributed by atoms with van der Waals surface area (Å²) in [5.41, 5.74) is 5.08. The fourth-order valence-electron chi connectivity index (χ4n) is 2.97. The Bertz CT molecular complexity index is 956. The van der Waals surface area contributed by atoms with Crippen molar-refractivity contribution in [1.29, 1.82) is 0 Å². The minimum absolute atomic E-state index is 0.113. The van der Waals surface area contributed by atoms with Crippen molar-refractivity contribution in [3.63, 3.8) is 0 Å². The summed E-state index contributed by atoms with van der Waals surface area (Å²) >= 11 is 1.43. The predicted octanol–water partition coefficient (Wildman–Crippen LogP) is 4.77. The number of nitrogens with zero attached hydrogens (tertiary/aromatic N) is 3. The molecule has 0 aliphatic heterocycles. The van der Waals surface area contributed by atoms with Crippen molar-refractivity contribution in [3.05, 3.63) is 52.5 Å². The lowest BCUT2D eigenvalue weighted by Crippen LogP contribution is -2.07. The van der Waals surface area contributed by atoms with E-state index in [0.717, 1.165) is 45.5 Å². The van der Waals surface area contributed by atoms with E-state index in [-0.39, 0.29) is 5.78 Å². The van der Waals surface area contributed by atoms with Gasteiger partial charge in [-0.05, 0) is 63.4 Å². The number of ketones is 1. The van der Waals surface area contributed by atoms with E-state index in [1.165, 1.54) is 17.3 Å². The highest BCUT2D eigenvalue weighted by Crippen LogP contribution is 2.27. The van der Waals surface area contributed by atoms with Crippen molar-refractivity contribution in [2.24, 2.45) is 0 Å². The van der Waals surface area contributed by atoms with Crippen LogP contribution in [0.3, 0.4) is 0 Å². The first-order chi connectivity index (χ1) is 12.4. The second-order valence-electron chi connectivity index (χ2n) is 6.40. The highest BCUT2D eigenvalue weighted by molar-refractivity contribution is 7.99. The van der Waals surface area contributed by atoms with Gasteiger partial charge in [0.25, 0.3) is 0 Å². The Balaban J connectivity index is 1.80. The number of carbonyl (C=O) groups is 1. The largest absolute Gasteiger partial charge is 0.469 e. The van der Waals surface area contributed by atoms with Crippen LogP contribution in [0.4, 0.5) is 0 Å². The quantitative estimate of drug-likeness (QED) is 0.463. The maximum absolute atomic E-state index is 12.7. The number of furan rings is 1. The number of carbonyl (C=O) groups excluding carboxylic acids is 1. The molecule has 0 fully saturated rings. The molecule has 0 saturated heterocycles. The van der Waals surface area contributed by atoms with E-state index in [1.807, 2.05) is 44.4 Å². The van der Waals surface area contributed by atoms with Gasteiger partial charge in [0, 0.05) is 12.1 Å². The number of hydrogen-bond acceptors (Lipinski definition) is 5. The minimum atomic E-state index is 0.113. The first kappa shape index (κ1) is 18.5. The molecule has 0 N–H and O–H groups in total. The Kier molecular flexibility index (Phi) is 5.32. The standard InChI is InChI=1S/C20H23N3O2S/c1-6-23-19(16-7-8-25-15(16)5)21-22-20(23)26-11-18(24)17-10-13(3)12(2)9-14(17)4/h7-10H,6,11H2,1-5H3. The summed E-state index contributed by atoms with van der Waals surface area (Å²) in [7, 11) is 0. The lowest BCUT2D eigenvalue weighted by atomic mass is 9.99. The molecule has 3 aromatic rings. The summed E-state index contributed by atoms with van der Waals surface area (Å²) in [6, 6.07) is 5.95. The monoisotopic (exact) mass is 369 g/mol. The van der Waals surface area contributed by atoms with Crippen LogP contribution in [0.25, 0.3) is 11.4 Å². The number of benzene rings is 1. The molecule has 0 atom stereocenters. The number of thioether (sulfide) groups is 1. The summed E-state index contributed by atoms with van der Waals surface area (Å²) in [6.45, 7) is 10.8. The molecule has 0 unspecified atom stereocenters. The number of Topliss-reactive ketones (excluding diaryl/α,β-unsaturated/α-hetero) is 1. The summed E-state index contributed by atoms with van der Waals surface area (Å²) < 4.78 is 7.39. The zero-order valence-corrected chi connectivity index (χ0v) is 16.6. The van der Waals surface area contributed by atoms with Crippen molar-refractivity contribution in [1.82, 2.24) is 14.8 Å². The predicted molar refractivity (Wildman–Crippen MR) is 104 cm³/mol. The topological polar surface area (TPSA) is 60.9 Å². The highest BCUT2D eigenvalue weighted by atomic mass is 32.2. The normalized spacial score (nSPS) is 11.1. The van der Waals surface area contributed by atoms with Gasteiger partial charge >= 0.3 is 0 Å². The zero-order valence-electron chi connectivity index (χ0n) is 15.8. The molecule has 0 radical (unpaired) electrons. The average molecular weight is 369 g/mol. The molecule has 6 heteroatoms. The van der Waals surface area contributed by atoms with Crippen LogP contribution >= 0.6 is 11.8 Å². The van der Waals surface area contributed by atoms with Crippen molar-refractivity contribution < 1.29 is 9.21 Å². The summed E-state index contributed by atoms with van der Waals surface area (Å²) in [5.74, 6) is 2.04. The molecule has 26 heavy (non-hydrogen) atoms. The van der Waals surface area contributed by atoms with Gasteiger partial charge in [-0.3, -0.25) is 4.79 Å². The third kappa shape index (κ3) is 3.46. The lowest BCUT2D eigenvalue weighted by Gasteiger charge is -2.09. The minimum Gasteiger partial charge on any atom is -0.469 e. The van der Waals surface area contributed by atoms with Crippen molar-refractivity contribution >= 4 is 17.5 Å². The van der Waals surface area contributed by atoms with Crippen molar-refractivity contribution in [2.75, 3.05) is 5.75 Å². The molecule has 0 aliphatic rings. The van der Waals surface area contributed by atoms with Crippen LogP contribution in [0.1, 0.15) is 39.7 Å². The number of aromatic nitrogens is 3. The van der Waals surface area contributed by atoms with Crippen molar-refractivity contribution in [3.8, 4) is 11.4 Å². The van der Waals surface area contributed by atoms with E-state index in [9.17, 15) is 4.79 Å². The van der Waals surface area contributed by atoms with E-state index in [1.54, 1.807) is 6.26 Å². The van der Waals surface area contributed by atoms with E-state index >= 15 is 0 Å². The van der Waals surface area contributed by atoms with Gasteiger partial charge in [0.15, 0.2) is 16.8 Å². The molecule has 2 aromatic heterocycles. The maximum Gasteiger partial charge on any atom is 0.191 e. The van der Waals surface area contributed by atoms with E-state index in [2.05, 4.69) is 23.2 Å². The van der Waals surface area contributed by atoms with Gasteiger partial charge in [-0.1, -0.05) is 17.8 Å². The fraction of sp³-hybridized carbons (Fsp3) is 0.350. The number of aryl methyl sites for hydroxylation is 4. The van der Waals surface area contributed by atoms with Gasteiger partial charge in [0.1, 0.15) is 5.76 Å². The molecule has 3 rings (SSSR count). The first-order valence-electron chi connectivity index (χ1n) is 8.63. The zero-order chi connectivity index (χ0) is 18.8. The number of rotatable bonds is 6. The van der Waals surface area contributed by atoms with Gasteiger partial charge < -0.3 is 8.98 Å². The third-order valence-corrected chi connectivity index (χ3v) is 5.57. The molecule has 1 aromatic carbocycles. The van der Waals surface area contributed by atoms with Crippen LogP contribution in [-0.2, 0) is 6.54 Å². The van der Waals surface area contributed by atoms with Gasteiger partial charge in [0.2, 0.25) is 0 Å². The van der Waals surface area contributed by atoms with Crippen LogP contribution in [0.5, 0.6) is 0 Å². The maximum atomic E-state index is 12.7. The van der Waals surface area contributed by atoms with Gasteiger partial charge in [-0.15, -0.1) is 10.2 Å². The van der Waals surface area contributed by atoms with Crippen LogP contribution in [-0.4, -0.2) is 26.3 Å². The highest BCUT2D eigenvalue weighted by Gasteiger charge is 2.18. The van der Waals surface area contributed by atoms with Gasteiger partial charge in [0.05, 0.1) is 17.6 Å². The van der Waals surface area contributed by atoms with E-state index < -0.39 is 0 Å². The van der Waals surface area contributed by atoms with Crippen LogP contribution < -0.4 is 0 Å². The summed E-state index contributed by atoms with van der Waals surface area (Å²) in [5, 5.41) is 9.34. The molecule has 0 aliphatic carbocycles. The third-order valence-electron chi connectivity index (χ3n) is 4.61. The molecule has 136 valence electrons. The molecule has 5 nitrogen and oxygen atoms in total. The van der Waals surface area contributed by atoms with E-state index in [0.29, 0.717) is 5.75 Å². The summed E-state index contributed by atoms with van der Waals surface area (Å²) in [6.07, 6.45) is 1.65. The van der Waals surface area contributed by atoms with Gasteiger partial charge in [-0.2, -0.15) is 0 Å².